The first kappa shape index (κ1) is 38.0. The minimum atomic E-state index is -0.403. The summed E-state index contributed by atoms with van der Waals surface area (Å²) in [4.78, 5) is 13.8. The van der Waals surface area contributed by atoms with Gasteiger partial charge in [0, 0.05) is 18.6 Å². The Hall–Kier alpha value is -7.36. The van der Waals surface area contributed by atoms with Crippen LogP contribution in [0.1, 0.15) is 34.7 Å². The van der Waals surface area contributed by atoms with E-state index in [1.54, 1.807) is 0 Å². The summed E-state index contributed by atoms with van der Waals surface area (Å²) in [6, 6.07) is 65.0. The molecule has 0 aliphatic carbocycles. The average Bonchev–Trinajstić information content (AvgIpc) is 3.42. The summed E-state index contributed by atoms with van der Waals surface area (Å²) in [7, 11) is 0. The molecule has 0 saturated carbocycles. The summed E-state index contributed by atoms with van der Waals surface area (Å²) in [5.41, 5.74) is 18.6. The first-order valence-electron chi connectivity index (χ1n) is 24.4. The molecule has 0 unspecified atom stereocenters. The molecule has 318 valence electrons. The average molecular weight is 1030 g/mol. The van der Waals surface area contributed by atoms with Gasteiger partial charge in [0.2, 0.25) is 0 Å². The van der Waals surface area contributed by atoms with E-state index < -0.39 is 6.04 Å². The van der Waals surface area contributed by atoms with Crippen LogP contribution in [-0.4, -0.2) is 15.0 Å². The van der Waals surface area contributed by atoms with Gasteiger partial charge in [-0.15, -0.1) is 101 Å². The molecule has 0 fully saturated rings. The summed E-state index contributed by atoms with van der Waals surface area (Å²) in [5.74, 6) is 0. The molecule has 0 saturated heterocycles. The van der Waals surface area contributed by atoms with Gasteiger partial charge in [0.05, 0.1) is 6.85 Å². The third-order valence-corrected chi connectivity index (χ3v) is 11.8. The molecule has 0 aliphatic heterocycles. The maximum atomic E-state index is 8.44. The van der Waals surface area contributed by atoms with Gasteiger partial charge >= 0.3 is 20.1 Å². The fourth-order valence-electron chi connectivity index (χ4n) is 8.30. The summed E-state index contributed by atoms with van der Waals surface area (Å²) in [6.07, 6.45) is 9.00. The zero-order valence-corrected chi connectivity index (χ0v) is 38.7. The van der Waals surface area contributed by atoms with Crippen molar-refractivity contribution in [1.82, 2.24) is 15.0 Å². The molecule has 3 heterocycles. The van der Waals surface area contributed by atoms with E-state index in [1.165, 1.54) is 27.8 Å². The quantitative estimate of drug-likeness (QED) is 0.108. The second-order valence-electron chi connectivity index (χ2n) is 16.2. The zero-order chi connectivity index (χ0) is 48.1. The van der Waals surface area contributed by atoms with Crippen LogP contribution in [0.25, 0.3) is 78.3 Å². The van der Waals surface area contributed by atoms with Crippen molar-refractivity contribution in [2.75, 3.05) is 0 Å². The van der Waals surface area contributed by atoms with Crippen LogP contribution in [0.3, 0.4) is 0 Å². The topological polar surface area (TPSA) is 38.7 Å². The number of pyridine rings is 3. The standard InChI is InChI=1S/C62H46N3.Ir/c1-44-43-65-62(42-59(44)52-31-29-50(30-32-52)49-11-3-2-4-12-49)55-35-33-51(34-36-55)57-13-5-6-14-58(57)56-40-47(19-17-45-21-25-53(26-22-45)60-15-7-9-37-63-60)39-48(41-56)20-18-46-23-27-54(28-24-46)61-16-8-10-38-64-61;/h2-16,21-25,27,29-35,37-43H,17-20H2,1H3;/q-3;+3/i2D,3D,4D,11D,12D;. The molecule has 0 amide bonds. The number of rotatable bonds is 13. The minimum absolute atomic E-state index is 0. The zero-order valence-electron chi connectivity index (χ0n) is 41.3. The van der Waals surface area contributed by atoms with Crippen LogP contribution in [0.4, 0.5) is 0 Å². The molecule has 0 radical (unpaired) electrons. The Morgan fingerprint density at radius 1 is 0.409 bits per heavy atom. The van der Waals surface area contributed by atoms with Crippen molar-refractivity contribution in [2.45, 2.75) is 32.6 Å². The van der Waals surface area contributed by atoms with Crippen molar-refractivity contribution in [2.24, 2.45) is 0 Å². The number of nitrogens with zero attached hydrogens (tertiary/aromatic N) is 3. The normalized spacial score (nSPS) is 12.0. The molecule has 66 heavy (non-hydrogen) atoms. The van der Waals surface area contributed by atoms with Crippen molar-refractivity contribution < 1.29 is 27.0 Å². The maximum absolute atomic E-state index is 8.44. The van der Waals surface area contributed by atoms with Gasteiger partial charge in [-0.2, -0.15) is 0 Å². The Morgan fingerprint density at radius 2 is 0.924 bits per heavy atom. The van der Waals surface area contributed by atoms with E-state index in [4.69, 9.17) is 11.8 Å². The van der Waals surface area contributed by atoms with Crippen molar-refractivity contribution in [3.63, 3.8) is 0 Å². The Bertz CT molecular complexity index is 3320. The largest absolute Gasteiger partial charge is 3.00 e. The minimum Gasteiger partial charge on any atom is -0.305 e. The van der Waals surface area contributed by atoms with Crippen LogP contribution < -0.4 is 0 Å². The molecule has 10 aromatic rings. The van der Waals surface area contributed by atoms with Crippen LogP contribution in [0.5, 0.6) is 0 Å². The summed E-state index contributed by atoms with van der Waals surface area (Å²) in [5, 5.41) is 0. The first-order chi connectivity index (χ1) is 34.2. The molecular weight excluding hydrogens is 979 g/mol. The maximum Gasteiger partial charge on any atom is 3.00 e. The van der Waals surface area contributed by atoms with E-state index in [1.807, 2.05) is 92.2 Å². The molecule has 0 spiro atoms. The van der Waals surface area contributed by atoms with Gasteiger partial charge in [0.1, 0.15) is 0 Å². The van der Waals surface area contributed by atoms with Crippen LogP contribution >= 0.6 is 0 Å². The van der Waals surface area contributed by atoms with Crippen LogP contribution in [0.2, 0.25) is 0 Å². The number of benzene rings is 7. The van der Waals surface area contributed by atoms with Gasteiger partial charge in [0.25, 0.3) is 0 Å². The third-order valence-electron chi connectivity index (χ3n) is 11.8. The molecular formula is C62H46IrN3. The second kappa shape index (κ2) is 20.6. The fourth-order valence-corrected chi connectivity index (χ4v) is 8.30. The Morgan fingerprint density at radius 3 is 1.47 bits per heavy atom. The summed E-state index contributed by atoms with van der Waals surface area (Å²) in [6.45, 7) is 2.01. The van der Waals surface area contributed by atoms with Crippen molar-refractivity contribution in [3.05, 3.63) is 259 Å². The van der Waals surface area contributed by atoms with E-state index in [0.717, 1.165) is 92.8 Å². The van der Waals surface area contributed by atoms with Crippen LogP contribution in [0.15, 0.2) is 213 Å². The van der Waals surface area contributed by atoms with Gasteiger partial charge in [-0.25, -0.2) is 0 Å². The molecule has 0 aliphatic rings. The number of hydrogen-bond donors (Lipinski definition) is 0. The van der Waals surface area contributed by atoms with Gasteiger partial charge in [-0.1, -0.05) is 151 Å². The molecule has 3 aromatic heterocycles. The molecule has 10 rings (SSSR count). The Kier molecular flexibility index (Phi) is 11.9. The predicted molar refractivity (Wildman–Crippen MR) is 267 cm³/mol. The summed E-state index contributed by atoms with van der Waals surface area (Å²) < 4.78 is 41.1. The van der Waals surface area contributed by atoms with E-state index >= 15 is 0 Å². The SMILES string of the molecule is [2H]c1c([2H])c([2H])c(-c2ccc(-c3cc(-c4[c-]cc(-c5ccccc5-c5cc(CCc6c[c-]c(-c7ccccn7)cc6)cc(CCc6c[c-]c(-c7ccccn7)cc6)c5)cc4)ncc3C)cc2)c([2H])c1[2H].[Ir+3]. The fraction of sp³-hybridized carbons (Fsp3) is 0.0806. The second-order valence-corrected chi connectivity index (χ2v) is 16.2. The molecule has 3 nitrogen and oxygen atoms in total. The summed E-state index contributed by atoms with van der Waals surface area (Å²) >= 11 is 0. The first-order valence-corrected chi connectivity index (χ1v) is 21.9. The predicted octanol–water partition coefficient (Wildman–Crippen LogP) is 14.8. The molecule has 0 N–H and O–H groups in total. The Balaban J connectivity index is 0.00000624. The van der Waals surface area contributed by atoms with Crippen molar-refractivity contribution in [1.29, 1.82) is 0 Å². The number of aromatic nitrogens is 3. The van der Waals surface area contributed by atoms with E-state index in [0.29, 0.717) is 5.56 Å². The van der Waals surface area contributed by atoms with Crippen molar-refractivity contribution in [3.8, 4) is 78.3 Å². The third kappa shape index (κ3) is 10.3. The number of aryl methyl sites for hydroxylation is 5. The van der Waals surface area contributed by atoms with E-state index in [-0.39, 0.29) is 49.8 Å². The molecule has 0 bridgehead atoms. The molecule has 4 heteroatoms. The smallest absolute Gasteiger partial charge is 0.305 e. The van der Waals surface area contributed by atoms with Crippen LogP contribution in [0, 0.1) is 25.1 Å². The van der Waals surface area contributed by atoms with Gasteiger partial charge in [-0.3, -0.25) is 0 Å². The van der Waals surface area contributed by atoms with E-state index in [9.17, 15) is 0 Å². The van der Waals surface area contributed by atoms with Crippen molar-refractivity contribution >= 4 is 0 Å². The van der Waals surface area contributed by atoms with E-state index in [2.05, 4.69) is 125 Å². The monoisotopic (exact) mass is 1030 g/mol. The van der Waals surface area contributed by atoms with Gasteiger partial charge < -0.3 is 15.0 Å². The molecule has 7 aromatic carbocycles. The molecule has 0 atom stereocenters. The van der Waals surface area contributed by atoms with Gasteiger partial charge in [-0.05, 0) is 99.1 Å². The Labute approximate surface area is 409 Å². The number of hydrogen-bond acceptors (Lipinski definition) is 3. The van der Waals surface area contributed by atoms with Gasteiger partial charge in [0.15, 0.2) is 0 Å². The van der Waals surface area contributed by atoms with Crippen LogP contribution in [-0.2, 0) is 45.8 Å².